The number of Topliss-reactive ketones (excluding diaryl/α,β-unsaturated/α-hetero) is 1. The summed E-state index contributed by atoms with van der Waals surface area (Å²) in [5, 5.41) is 0. The van der Waals surface area contributed by atoms with Gasteiger partial charge in [-0.1, -0.05) is 0 Å². The molecule has 4 aliphatic rings. The third-order valence-electron chi connectivity index (χ3n) is 3.49. The van der Waals surface area contributed by atoms with Crippen LogP contribution in [0.25, 0.3) is 0 Å². The Morgan fingerprint density at radius 1 is 0.778 bits per heavy atom. The van der Waals surface area contributed by atoms with Crippen molar-refractivity contribution in [2.75, 3.05) is 39.3 Å². The maximum Gasteiger partial charge on any atom is 0.227 e. The second kappa shape index (κ2) is 3.92. The van der Waals surface area contributed by atoms with E-state index in [2.05, 4.69) is 0 Å². The van der Waals surface area contributed by atoms with Gasteiger partial charge < -0.3 is 14.7 Å². The maximum absolute atomic E-state index is 12.4. The fourth-order valence-corrected chi connectivity index (χ4v) is 2.28. The van der Waals surface area contributed by atoms with Crippen LogP contribution in [-0.4, -0.2) is 65.5 Å². The van der Waals surface area contributed by atoms with Crippen molar-refractivity contribution in [3.8, 4) is 0 Å². The van der Waals surface area contributed by atoms with E-state index in [-0.39, 0.29) is 31.0 Å². The minimum atomic E-state index is 0. The monoisotopic (exact) mass is 333 g/mol. The predicted molar refractivity (Wildman–Crippen MR) is 59.8 cm³/mol. The predicted octanol–water partition coefficient (Wildman–Crippen LogP) is -0.822. The first-order chi connectivity index (χ1) is 8.25. The quantitative estimate of drug-likeness (QED) is 0.384. The van der Waals surface area contributed by atoms with Crippen molar-refractivity contribution in [1.29, 1.82) is 0 Å². The number of ketones is 2. The molecule has 4 rings (SSSR count). The minimum Gasteiger partial charge on any atom is -0.365 e. The van der Waals surface area contributed by atoms with Crippen LogP contribution in [0.2, 0.25) is 0 Å². The summed E-state index contributed by atoms with van der Waals surface area (Å²) < 4.78 is 0. The molecule has 0 aromatic heterocycles. The molecule has 3 aliphatic heterocycles. The van der Waals surface area contributed by atoms with E-state index in [1.807, 2.05) is 14.7 Å². The van der Waals surface area contributed by atoms with Crippen molar-refractivity contribution >= 4 is 11.6 Å². The van der Waals surface area contributed by atoms with Crippen LogP contribution in [0.5, 0.6) is 0 Å². The van der Waals surface area contributed by atoms with E-state index in [0.29, 0.717) is 17.1 Å². The Bertz CT molecular complexity index is 499. The van der Waals surface area contributed by atoms with E-state index >= 15 is 0 Å². The van der Waals surface area contributed by atoms with Gasteiger partial charge in [0.05, 0.1) is 5.70 Å². The molecule has 0 radical (unpaired) electrons. The Labute approximate surface area is 118 Å². The van der Waals surface area contributed by atoms with Crippen LogP contribution < -0.4 is 0 Å². The van der Waals surface area contributed by atoms with Gasteiger partial charge in [0.2, 0.25) is 11.6 Å². The Morgan fingerprint density at radius 2 is 1.28 bits per heavy atom. The summed E-state index contributed by atoms with van der Waals surface area (Å²) in [6.07, 6.45) is 1.52. The van der Waals surface area contributed by atoms with Crippen molar-refractivity contribution in [2.45, 2.75) is 0 Å². The number of nitrogens with zero attached hydrogens (tertiary/aromatic N) is 3. The molecule has 0 bridgehead atoms. The van der Waals surface area contributed by atoms with E-state index in [0.717, 1.165) is 39.3 Å². The van der Waals surface area contributed by atoms with Gasteiger partial charge in [-0.05, 0) is 0 Å². The number of carbonyl (C=O) groups excluding carboxylic acids is 2. The Morgan fingerprint density at radius 3 is 1.78 bits per heavy atom. The number of carbonyl (C=O) groups is 2. The topological polar surface area (TPSA) is 43.2 Å². The van der Waals surface area contributed by atoms with Crippen molar-refractivity contribution in [2.24, 2.45) is 0 Å². The first-order valence-electron chi connectivity index (χ1n) is 6.05. The standard InChI is InChI=1S/C12H13N3O2.Ru/c16-9-7-8(13-1-2-13)12(17)11(15-5-6-15)10(9)14-3-4-14;/h7H,1-6H2;. The summed E-state index contributed by atoms with van der Waals surface area (Å²) in [5.74, 6) is 0.0485. The van der Waals surface area contributed by atoms with Crippen LogP contribution in [0, 0.1) is 0 Å². The maximum atomic E-state index is 12.4. The van der Waals surface area contributed by atoms with Gasteiger partial charge in [-0.3, -0.25) is 9.59 Å². The molecule has 1 aliphatic carbocycles. The molecule has 18 heavy (non-hydrogen) atoms. The molecule has 0 unspecified atom stereocenters. The van der Waals surface area contributed by atoms with Crippen molar-refractivity contribution in [3.05, 3.63) is 23.2 Å². The summed E-state index contributed by atoms with van der Waals surface area (Å²) in [6.45, 7) is 5.41. The second-order valence-electron chi connectivity index (χ2n) is 4.88. The Hall–Kier alpha value is -1.16. The summed E-state index contributed by atoms with van der Waals surface area (Å²) in [5.41, 5.74) is 1.89. The molecule has 0 amide bonds. The van der Waals surface area contributed by atoms with Crippen LogP contribution in [0.3, 0.4) is 0 Å². The number of hydrogen-bond donors (Lipinski definition) is 0. The third kappa shape index (κ3) is 1.79. The number of rotatable bonds is 3. The van der Waals surface area contributed by atoms with E-state index in [9.17, 15) is 9.59 Å². The molecule has 0 N–H and O–H groups in total. The van der Waals surface area contributed by atoms with Crippen molar-refractivity contribution in [3.63, 3.8) is 0 Å². The van der Waals surface area contributed by atoms with Gasteiger partial charge in [-0.2, -0.15) is 0 Å². The Kier molecular flexibility index (Phi) is 2.59. The zero-order valence-corrected chi connectivity index (χ0v) is 11.6. The van der Waals surface area contributed by atoms with Gasteiger partial charge >= 0.3 is 0 Å². The van der Waals surface area contributed by atoms with Crippen molar-refractivity contribution < 1.29 is 29.1 Å². The molecule has 0 aromatic carbocycles. The van der Waals surface area contributed by atoms with E-state index in [1.54, 1.807) is 0 Å². The van der Waals surface area contributed by atoms with E-state index in [4.69, 9.17) is 0 Å². The molecule has 3 fully saturated rings. The molecule has 0 aromatic rings. The van der Waals surface area contributed by atoms with Crippen LogP contribution in [0.1, 0.15) is 0 Å². The zero-order valence-electron chi connectivity index (χ0n) is 9.83. The number of hydrogen-bond acceptors (Lipinski definition) is 5. The zero-order chi connectivity index (χ0) is 11.6. The molecule has 6 heteroatoms. The largest absolute Gasteiger partial charge is 0.365 e. The van der Waals surface area contributed by atoms with Gasteiger partial charge in [0.25, 0.3) is 0 Å². The smallest absolute Gasteiger partial charge is 0.227 e. The summed E-state index contributed by atoms with van der Waals surface area (Å²) in [4.78, 5) is 30.5. The van der Waals surface area contributed by atoms with Gasteiger partial charge in [0, 0.05) is 64.8 Å². The van der Waals surface area contributed by atoms with Crippen molar-refractivity contribution in [1.82, 2.24) is 14.7 Å². The first-order valence-corrected chi connectivity index (χ1v) is 6.05. The van der Waals surface area contributed by atoms with Gasteiger partial charge in [0.15, 0.2) is 0 Å². The second-order valence-corrected chi connectivity index (χ2v) is 4.88. The Balaban J connectivity index is 0.000001000. The molecule has 96 valence electrons. The van der Waals surface area contributed by atoms with E-state index in [1.165, 1.54) is 6.08 Å². The third-order valence-corrected chi connectivity index (χ3v) is 3.49. The van der Waals surface area contributed by atoms with E-state index < -0.39 is 0 Å². The SMILES string of the molecule is O=C1C=C(N2CC2)C(=O)C(N2CC2)=C1N1CC1.[Ru]. The summed E-state index contributed by atoms with van der Waals surface area (Å²) >= 11 is 0. The normalized spacial score (nSPS) is 25.1. The molecule has 3 saturated heterocycles. The molecular weight excluding hydrogens is 319 g/mol. The molecule has 0 saturated carbocycles. The fraction of sp³-hybridized carbons (Fsp3) is 0.500. The van der Waals surface area contributed by atoms with Gasteiger partial charge in [-0.25, -0.2) is 0 Å². The minimum absolute atomic E-state index is 0. The van der Waals surface area contributed by atoms with Gasteiger partial charge in [-0.15, -0.1) is 0 Å². The molecular formula is C12H13N3O2Ru. The average Bonchev–Trinajstić information content (AvgIpc) is 3.13. The van der Waals surface area contributed by atoms with Crippen LogP contribution in [-0.2, 0) is 29.1 Å². The molecule has 0 atom stereocenters. The fourth-order valence-electron chi connectivity index (χ4n) is 2.28. The number of allylic oxidation sites excluding steroid dienone is 1. The molecule has 5 nitrogen and oxygen atoms in total. The molecule has 3 heterocycles. The van der Waals surface area contributed by atoms with Crippen LogP contribution in [0.15, 0.2) is 23.2 Å². The summed E-state index contributed by atoms with van der Waals surface area (Å²) in [6, 6.07) is 0. The molecule has 0 spiro atoms. The van der Waals surface area contributed by atoms with Crippen LogP contribution >= 0.6 is 0 Å². The summed E-state index contributed by atoms with van der Waals surface area (Å²) in [7, 11) is 0. The average molecular weight is 332 g/mol. The first kappa shape index (κ1) is 11.9. The van der Waals surface area contributed by atoms with Crippen LogP contribution in [0.4, 0.5) is 0 Å². The van der Waals surface area contributed by atoms with Gasteiger partial charge in [0.1, 0.15) is 11.4 Å².